The standard InChI is InChI=1S/C10H18N4O/c1-3-15-6-4-5-12-9-8(2)7-13-10(11)14-9/h7H,3-6H2,1-2H3,(H3,11,12,13,14). The van der Waals surface area contributed by atoms with E-state index in [-0.39, 0.29) is 0 Å². The van der Waals surface area contributed by atoms with Crippen molar-refractivity contribution >= 4 is 11.8 Å². The van der Waals surface area contributed by atoms with E-state index in [9.17, 15) is 0 Å². The van der Waals surface area contributed by atoms with Crippen LogP contribution in [0.3, 0.4) is 0 Å². The van der Waals surface area contributed by atoms with E-state index in [1.165, 1.54) is 0 Å². The first-order chi connectivity index (χ1) is 7.24. The van der Waals surface area contributed by atoms with Crippen molar-refractivity contribution in [2.75, 3.05) is 30.8 Å². The van der Waals surface area contributed by atoms with Crippen molar-refractivity contribution in [1.82, 2.24) is 9.97 Å². The summed E-state index contributed by atoms with van der Waals surface area (Å²) in [6, 6.07) is 0. The van der Waals surface area contributed by atoms with Crippen LogP contribution >= 0.6 is 0 Å². The zero-order valence-corrected chi connectivity index (χ0v) is 9.29. The summed E-state index contributed by atoms with van der Waals surface area (Å²) < 4.78 is 5.23. The van der Waals surface area contributed by atoms with Gasteiger partial charge in [0.25, 0.3) is 0 Å². The van der Waals surface area contributed by atoms with E-state index in [2.05, 4.69) is 15.3 Å². The number of hydrogen-bond acceptors (Lipinski definition) is 5. The Morgan fingerprint density at radius 1 is 1.53 bits per heavy atom. The SMILES string of the molecule is CCOCCCNc1nc(N)ncc1C. The minimum atomic E-state index is 0.299. The Kier molecular flexibility index (Phi) is 4.83. The van der Waals surface area contributed by atoms with Crippen LogP contribution in [0.5, 0.6) is 0 Å². The fourth-order valence-electron chi connectivity index (χ4n) is 1.16. The predicted octanol–water partition coefficient (Wildman–Crippen LogP) is 1.21. The van der Waals surface area contributed by atoms with Crippen LogP contribution in [0.4, 0.5) is 11.8 Å². The van der Waals surface area contributed by atoms with Crippen molar-refractivity contribution < 1.29 is 4.74 Å². The van der Waals surface area contributed by atoms with Crippen LogP contribution < -0.4 is 11.1 Å². The van der Waals surface area contributed by atoms with E-state index >= 15 is 0 Å². The summed E-state index contributed by atoms with van der Waals surface area (Å²) in [6.07, 6.45) is 2.67. The third kappa shape index (κ3) is 4.12. The first kappa shape index (κ1) is 11.7. The van der Waals surface area contributed by atoms with Crippen LogP contribution in [-0.2, 0) is 4.74 Å². The number of hydrogen-bond donors (Lipinski definition) is 2. The summed E-state index contributed by atoms with van der Waals surface area (Å²) in [6.45, 7) is 6.30. The molecule has 3 N–H and O–H groups in total. The maximum absolute atomic E-state index is 5.49. The van der Waals surface area contributed by atoms with E-state index in [4.69, 9.17) is 10.5 Å². The number of anilines is 2. The van der Waals surface area contributed by atoms with Crippen LogP contribution in [0.2, 0.25) is 0 Å². The molecule has 0 fully saturated rings. The van der Waals surface area contributed by atoms with Crippen molar-refractivity contribution in [2.24, 2.45) is 0 Å². The molecular weight excluding hydrogens is 192 g/mol. The maximum atomic E-state index is 5.49. The highest BCUT2D eigenvalue weighted by Crippen LogP contribution is 2.10. The number of aromatic nitrogens is 2. The van der Waals surface area contributed by atoms with Crippen LogP contribution in [0, 0.1) is 6.92 Å². The molecule has 0 saturated heterocycles. The van der Waals surface area contributed by atoms with Gasteiger partial charge in [0.05, 0.1) is 0 Å². The molecular formula is C10H18N4O. The molecule has 1 aromatic rings. The Hall–Kier alpha value is -1.36. The van der Waals surface area contributed by atoms with E-state index < -0.39 is 0 Å². The second kappa shape index (κ2) is 6.19. The van der Waals surface area contributed by atoms with Gasteiger partial charge in [0.2, 0.25) is 5.95 Å². The highest BCUT2D eigenvalue weighted by molar-refractivity contribution is 5.44. The number of aryl methyl sites for hydroxylation is 1. The molecule has 0 aliphatic heterocycles. The number of nitrogens with two attached hydrogens (primary N) is 1. The molecule has 1 aromatic heterocycles. The van der Waals surface area contributed by atoms with E-state index in [1.54, 1.807) is 6.20 Å². The normalized spacial score (nSPS) is 10.3. The first-order valence-electron chi connectivity index (χ1n) is 5.14. The van der Waals surface area contributed by atoms with Crippen molar-refractivity contribution in [2.45, 2.75) is 20.3 Å². The summed E-state index contributed by atoms with van der Waals surface area (Å²) in [7, 11) is 0. The van der Waals surface area contributed by atoms with Crippen LogP contribution in [-0.4, -0.2) is 29.7 Å². The number of nitrogen functional groups attached to an aromatic ring is 1. The molecule has 0 bridgehead atoms. The molecule has 0 radical (unpaired) electrons. The lowest BCUT2D eigenvalue weighted by Gasteiger charge is -2.08. The van der Waals surface area contributed by atoms with Crippen molar-refractivity contribution in [3.8, 4) is 0 Å². The van der Waals surface area contributed by atoms with E-state index in [0.29, 0.717) is 5.95 Å². The molecule has 0 amide bonds. The Morgan fingerprint density at radius 2 is 2.33 bits per heavy atom. The van der Waals surface area contributed by atoms with Gasteiger partial charge >= 0.3 is 0 Å². The van der Waals surface area contributed by atoms with Gasteiger partial charge in [-0.15, -0.1) is 0 Å². The molecule has 1 rings (SSSR count). The second-order valence-electron chi connectivity index (χ2n) is 3.24. The Labute approximate surface area is 90.1 Å². The van der Waals surface area contributed by atoms with Crippen LogP contribution in [0.15, 0.2) is 6.20 Å². The minimum Gasteiger partial charge on any atom is -0.382 e. The smallest absolute Gasteiger partial charge is 0.221 e. The maximum Gasteiger partial charge on any atom is 0.221 e. The molecule has 5 heteroatoms. The largest absolute Gasteiger partial charge is 0.382 e. The summed E-state index contributed by atoms with van der Waals surface area (Å²) in [5, 5.41) is 3.20. The van der Waals surface area contributed by atoms with Crippen molar-refractivity contribution in [1.29, 1.82) is 0 Å². The molecule has 15 heavy (non-hydrogen) atoms. The quantitative estimate of drug-likeness (QED) is 0.690. The Morgan fingerprint density at radius 3 is 3.07 bits per heavy atom. The third-order valence-corrected chi connectivity index (χ3v) is 1.95. The zero-order valence-electron chi connectivity index (χ0n) is 9.29. The molecule has 0 atom stereocenters. The summed E-state index contributed by atoms with van der Waals surface area (Å²) >= 11 is 0. The lowest BCUT2D eigenvalue weighted by Crippen LogP contribution is -2.09. The van der Waals surface area contributed by atoms with Crippen molar-refractivity contribution in [3.05, 3.63) is 11.8 Å². The number of nitrogens with zero attached hydrogens (tertiary/aromatic N) is 2. The second-order valence-corrected chi connectivity index (χ2v) is 3.24. The van der Waals surface area contributed by atoms with Gasteiger partial charge < -0.3 is 15.8 Å². The van der Waals surface area contributed by atoms with Gasteiger partial charge in [-0.1, -0.05) is 0 Å². The van der Waals surface area contributed by atoms with Gasteiger partial charge in [-0.25, -0.2) is 4.98 Å². The minimum absolute atomic E-state index is 0.299. The summed E-state index contributed by atoms with van der Waals surface area (Å²) in [4.78, 5) is 8.00. The molecule has 0 saturated carbocycles. The average molecular weight is 210 g/mol. The lowest BCUT2D eigenvalue weighted by atomic mass is 10.3. The first-order valence-corrected chi connectivity index (χ1v) is 5.14. The van der Waals surface area contributed by atoms with Gasteiger partial charge in [0, 0.05) is 31.5 Å². The van der Waals surface area contributed by atoms with Crippen LogP contribution in [0.1, 0.15) is 18.9 Å². The van der Waals surface area contributed by atoms with E-state index in [0.717, 1.165) is 37.6 Å². The molecule has 84 valence electrons. The monoisotopic (exact) mass is 210 g/mol. The van der Waals surface area contributed by atoms with Gasteiger partial charge in [-0.2, -0.15) is 4.98 Å². The molecule has 0 aliphatic rings. The molecule has 1 heterocycles. The molecule has 0 aromatic carbocycles. The van der Waals surface area contributed by atoms with Gasteiger partial charge in [-0.3, -0.25) is 0 Å². The number of nitrogens with one attached hydrogen (secondary N) is 1. The topological polar surface area (TPSA) is 73.1 Å². The van der Waals surface area contributed by atoms with E-state index in [1.807, 2.05) is 13.8 Å². The molecule has 0 spiro atoms. The number of rotatable bonds is 6. The molecule has 0 unspecified atom stereocenters. The average Bonchev–Trinajstić information content (AvgIpc) is 2.23. The Bertz CT molecular complexity index is 303. The van der Waals surface area contributed by atoms with Crippen molar-refractivity contribution in [3.63, 3.8) is 0 Å². The van der Waals surface area contributed by atoms with Gasteiger partial charge in [0.15, 0.2) is 0 Å². The predicted molar refractivity (Wildman–Crippen MR) is 60.8 cm³/mol. The fourth-order valence-corrected chi connectivity index (χ4v) is 1.16. The highest BCUT2D eigenvalue weighted by Gasteiger charge is 2.00. The number of ether oxygens (including phenoxy) is 1. The fraction of sp³-hybridized carbons (Fsp3) is 0.600. The van der Waals surface area contributed by atoms with Gasteiger partial charge in [-0.05, 0) is 20.3 Å². The Balaban J connectivity index is 2.33. The zero-order chi connectivity index (χ0) is 11.1. The molecule has 0 aliphatic carbocycles. The summed E-state index contributed by atoms with van der Waals surface area (Å²) in [5.74, 6) is 1.10. The highest BCUT2D eigenvalue weighted by atomic mass is 16.5. The van der Waals surface area contributed by atoms with Gasteiger partial charge in [0.1, 0.15) is 5.82 Å². The van der Waals surface area contributed by atoms with Crippen LogP contribution in [0.25, 0.3) is 0 Å². The lowest BCUT2D eigenvalue weighted by molar-refractivity contribution is 0.147. The molecule has 5 nitrogen and oxygen atoms in total. The third-order valence-electron chi connectivity index (χ3n) is 1.95. The summed E-state index contributed by atoms with van der Waals surface area (Å²) in [5.41, 5.74) is 6.49.